The van der Waals surface area contributed by atoms with Crippen LogP contribution in [0.3, 0.4) is 0 Å². The largest absolute Gasteiger partial charge is 0.368 e. The minimum atomic E-state index is -3.67. The molecule has 6 nitrogen and oxygen atoms in total. The maximum absolute atomic E-state index is 12.6. The number of amides is 1. The molecule has 0 unspecified atom stereocenters. The fourth-order valence-corrected chi connectivity index (χ4v) is 4.24. The van der Waals surface area contributed by atoms with E-state index in [4.69, 9.17) is 0 Å². The second kappa shape index (κ2) is 8.10. The Labute approximate surface area is 161 Å². The predicted octanol–water partition coefficient (Wildman–Crippen LogP) is 1.96. The standard InChI is InChI=1S/C20H25N3O3S/c1-17-8-10-19(11-9-17)27(25,26)21(2)16-20(24)23-14-12-22(13-15-23)18-6-4-3-5-7-18/h3-11H,12-16H2,1-2H3. The van der Waals surface area contributed by atoms with Gasteiger partial charge in [-0.05, 0) is 31.2 Å². The first-order valence-corrected chi connectivity index (χ1v) is 10.4. The van der Waals surface area contributed by atoms with E-state index in [0.29, 0.717) is 13.1 Å². The minimum absolute atomic E-state index is 0.151. The number of nitrogens with zero attached hydrogens (tertiary/aromatic N) is 3. The number of hydrogen-bond donors (Lipinski definition) is 0. The molecule has 1 saturated heterocycles. The van der Waals surface area contributed by atoms with Crippen molar-refractivity contribution in [3.63, 3.8) is 0 Å². The number of carbonyl (C=O) groups excluding carboxylic acids is 1. The van der Waals surface area contributed by atoms with Gasteiger partial charge in [0, 0.05) is 38.9 Å². The number of benzene rings is 2. The Bertz CT molecular complexity index is 874. The number of likely N-dealkylation sites (N-methyl/N-ethyl adjacent to an activating group) is 1. The van der Waals surface area contributed by atoms with Crippen molar-refractivity contribution >= 4 is 21.6 Å². The summed E-state index contributed by atoms with van der Waals surface area (Å²) in [6.07, 6.45) is 0. The van der Waals surface area contributed by atoms with Crippen LogP contribution in [0.2, 0.25) is 0 Å². The Morgan fingerprint density at radius 2 is 1.56 bits per heavy atom. The lowest BCUT2D eigenvalue weighted by atomic mass is 10.2. The van der Waals surface area contributed by atoms with Gasteiger partial charge in [0.2, 0.25) is 15.9 Å². The first-order chi connectivity index (χ1) is 12.9. The molecule has 1 fully saturated rings. The quantitative estimate of drug-likeness (QED) is 0.787. The van der Waals surface area contributed by atoms with Crippen LogP contribution in [-0.2, 0) is 14.8 Å². The number of piperazine rings is 1. The number of aryl methyl sites for hydroxylation is 1. The molecule has 7 heteroatoms. The molecule has 0 radical (unpaired) electrons. The van der Waals surface area contributed by atoms with Gasteiger partial charge in [-0.3, -0.25) is 4.79 Å². The van der Waals surface area contributed by atoms with Crippen LogP contribution in [0.5, 0.6) is 0 Å². The van der Waals surface area contributed by atoms with E-state index in [1.54, 1.807) is 29.2 Å². The van der Waals surface area contributed by atoms with Gasteiger partial charge >= 0.3 is 0 Å². The Balaban J connectivity index is 1.58. The zero-order valence-electron chi connectivity index (χ0n) is 15.7. The van der Waals surface area contributed by atoms with Gasteiger partial charge in [0.1, 0.15) is 0 Å². The summed E-state index contributed by atoms with van der Waals surface area (Å²) in [6, 6.07) is 16.7. The molecule has 0 bridgehead atoms. The van der Waals surface area contributed by atoms with E-state index in [2.05, 4.69) is 17.0 Å². The molecule has 1 amide bonds. The molecule has 3 rings (SSSR count). The summed E-state index contributed by atoms with van der Waals surface area (Å²) in [7, 11) is -2.22. The zero-order valence-corrected chi connectivity index (χ0v) is 16.5. The van der Waals surface area contributed by atoms with Crippen LogP contribution in [0, 0.1) is 6.92 Å². The van der Waals surface area contributed by atoms with Crippen molar-refractivity contribution < 1.29 is 13.2 Å². The molecule has 0 spiro atoms. The average molecular weight is 388 g/mol. The highest BCUT2D eigenvalue weighted by molar-refractivity contribution is 7.89. The second-order valence-corrected chi connectivity index (χ2v) is 8.82. The van der Waals surface area contributed by atoms with Crippen LogP contribution in [0.15, 0.2) is 59.5 Å². The van der Waals surface area contributed by atoms with Crippen LogP contribution in [-0.4, -0.2) is 63.3 Å². The first kappa shape index (κ1) is 19.4. The number of rotatable bonds is 5. The second-order valence-electron chi connectivity index (χ2n) is 6.78. The molecule has 0 atom stereocenters. The number of carbonyl (C=O) groups is 1. The highest BCUT2D eigenvalue weighted by Crippen LogP contribution is 2.17. The molecular weight excluding hydrogens is 362 g/mol. The highest BCUT2D eigenvalue weighted by atomic mass is 32.2. The summed E-state index contributed by atoms with van der Waals surface area (Å²) >= 11 is 0. The Morgan fingerprint density at radius 3 is 2.15 bits per heavy atom. The smallest absolute Gasteiger partial charge is 0.243 e. The third-order valence-corrected chi connectivity index (χ3v) is 6.66. The number of anilines is 1. The topological polar surface area (TPSA) is 60.9 Å². The van der Waals surface area contributed by atoms with Gasteiger partial charge in [-0.1, -0.05) is 35.9 Å². The molecule has 144 valence electrons. The van der Waals surface area contributed by atoms with Crippen molar-refractivity contribution in [1.82, 2.24) is 9.21 Å². The Kier molecular flexibility index (Phi) is 5.82. The lowest BCUT2D eigenvalue weighted by molar-refractivity contribution is -0.131. The van der Waals surface area contributed by atoms with Crippen LogP contribution in [0.25, 0.3) is 0 Å². The van der Waals surface area contributed by atoms with Crippen LogP contribution >= 0.6 is 0 Å². The van der Waals surface area contributed by atoms with Crippen LogP contribution in [0.1, 0.15) is 5.56 Å². The fraction of sp³-hybridized carbons (Fsp3) is 0.350. The Morgan fingerprint density at radius 1 is 0.963 bits per heavy atom. The molecule has 1 aliphatic rings. The minimum Gasteiger partial charge on any atom is -0.368 e. The van der Waals surface area contributed by atoms with E-state index in [9.17, 15) is 13.2 Å². The van der Waals surface area contributed by atoms with Crippen molar-refractivity contribution in [3.05, 3.63) is 60.2 Å². The highest BCUT2D eigenvalue weighted by Gasteiger charge is 2.27. The lowest BCUT2D eigenvalue weighted by Gasteiger charge is -2.36. The summed E-state index contributed by atoms with van der Waals surface area (Å²) in [5, 5.41) is 0. The van der Waals surface area contributed by atoms with Crippen molar-refractivity contribution in [2.24, 2.45) is 0 Å². The number of hydrogen-bond acceptors (Lipinski definition) is 4. The summed E-state index contributed by atoms with van der Waals surface area (Å²) in [6.45, 7) is 4.41. The third-order valence-electron chi connectivity index (χ3n) is 4.84. The number of para-hydroxylation sites is 1. The fourth-order valence-electron chi connectivity index (χ4n) is 3.12. The average Bonchev–Trinajstić information content (AvgIpc) is 2.69. The molecule has 0 aromatic heterocycles. The molecule has 2 aromatic rings. The molecule has 0 N–H and O–H groups in total. The van der Waals surface area contributed by atoms with E-state index in [1.165, 1.54) is 7.05 Å². The summed E-state index contributed by atoms with van der Waals surface area (Å²) in [4.78, 5) is 16.8. The molecule has 0 saturated carbocycles. The van der Waals surface area contributed by atoms with E-state index in [1.807, 2.05) is 25.1 Å². The predicted molar refractivity (Wildman–Crippen MR) is 106 cm³/mol. The van der Waals surface area contributed by atoms with Gasteiger partial charge in [0.15, 0.2) is 0 Å². The molecule has 27 heavy (non-hydrogen) atoms. The summed E-state index contributed by atoms with van der Waals surface area (Å²) in [5.74, 6) is -0.166. The van der Waals surface area contributed by atoms with E-state index < -0.39 is 10.0 Å². The maximum atomic E-state index is 12.6. The zero-order chi connectivity index (χ0) is 19.4. The van der Waals surface area contributed by atoms with Gasteiger partial charge in [-0.2, -0.15) is 4.31 Å². The van der Waals surface area contributed by atoms with Gasteiger partial charge < -0.3 is 9.80 Å². The van der Waals surface area contributed by atoms with Crippen molar-refractivity contribution in [3.8, 4) is 0 Å². The molecule has 1 heterocycles. The summed E-state index contributed by atoms with van der Waals surface area (Å²) in [5.41, 5.74) is 2.13. The monoisotopic (exact) mass is 387 g/mol. The van der Waals surface area contributed by atoms with E-state index in [0.717, 1.165) is 28.6 Å². The van der Waals surface area contributed by atoms with Gasteiger partial charge in [0.25, 0.3) is 0 Å². The third kappa shape index (κ3) is 4.48. The van der Waals surface area contributed by atoms with Crippen molar-refractivity contribution in [1.29, 1.82) is 0 Å². The van der Waals surface area contributed by atoms with Crippen LogP contribution < -0.4 is 4.90 Å². The van der Waals surface area contributed by atoms with E-state index >= 15 is 0 Å². The molecular formula is C20H25N3O3S. The lowest BCUT2D eigenvalue weighted by Crippen LogP contribution is -2.51. The SMILES string of the molecule is Cc1ccc(S(=O)(=O)N(C)CC(=O)N2CCN(c3ccccc3)CC2)cc1. The van der Waals surface area contributed by atoms with Gasteiger partial charge in [-0.25, -0.2) is 8.42 Å². The Hall–Kier alpha value is -2.38. The summed E-state index contributed by atoms with van der Waals surface area (Å²) < 4.78 is 26.4. The van der Waals surface area contributed by atoms with Gasteiger partial charge in [0.05, 0.1) is 11.4 Å². The number of sulfonamides is 1. The molecule has 1 aliphatic heterocycles. The van der Waals surface area contributed by atoms with Gasteiger partial charge in [-0.15, -0.1) is 0 Å². The van der Waals surface area contributed by atoms with Crippen molar-refractivity contribution in [2.45, 2.75) is 11.8 Å². The van der Waals surface area contributed by atoms with Crippen LogP contribution in [0.4, 0.5) is 5.69 Å². The molecule has 2 aromatic carbocycles. The van der Waals surface area contributed by atoms with Crippen molar-refractivity contribution in [2.75, 3.05) is 44.7 Å². The normalized spacial score (nSPS) is 15.2. The maximum Gasteiger partial charge on any atom is 0.243 e. The first-order valence-electron chi connectivity index (χ1n) is 8.99. The molecule has 0 aliphatic carbocycles. The van der Waals surface area contributed by atoms with E-state index in [-0.39, 0.29) is 17.3 Å².